The predicted molar refractivity (Wildman–Crippen MR) is 63.6 cm³/mol. The number of aliphatic hydroxyl groups is 1. The van der Waals surface area contributed by atoms with E-state index in [9.17, 15) is 14.7 Å². The van der Waals surface area contributed by atoms with E-state index in [1.807, 2.05) is 0 Å². The number of aliphatic hydroxyl groups excluding tert-OH is 1. The van der Waals surface area contributed by atoms with E-state index < -0.39 is 23.7 Å². The maximum absolute atomic E-state index is 12.0. The molecule has 0 aromatic carbocycles. The molecule has 0 radical (unpaired) electrons. The van der Waals surface area contributed by atoms with Gasteiger partial charge in [0, 0.05) is 12.5 Å². The molecule has 0 bridgehead atoms. The van der Waals surface area contributed by atoms with Crippen LogP contribution >= 0.6 is 0 Å². The number of carbonyl (C=O) groups is 2. The average Bonchev–Trinajstić information content (AvgIpc) is 2.90. The molecule has 2 fully saturated rings. The van der Waals surface area contributed by atoms with Gasteiger partial charge in [-0.2, -0.15) is 0 Å². The van der Waals surface area contributed by atoms with E-state index in [2.05, 4.69) is 17.2 Å². The minimum absolute atomic E-state index is 0.0831. The van der Waals surface area contributed by atoms with Crippen LogP contribution in [0.2, 0.25) is 0 Å². The molecule has 1 heterocycles. The van der Waals surface area contributed by atoms with Crippen LogP contribution in [0.1, 0.15) is 12.8 Å². The highest BCUT2D eigenvalue weighted by Crippen LogP contribution is 2.45. The zero-order valence-electron chi connectivity index (χ0n) is 10.3. The van der Waals surface area contributed by atoms with Gasteiger partial charge in [0.05, 0.1) is 19.3 Å². The van der Waals surface area contributed by atoms with Crippen molar-refractivity contribution in [1.29, 1.82) is 0 Å². The molecule has 0 aromatic rings. The third-order valence-corrected chi connectivity index (χ3v) is 3.62. The highest BCUT2D eigenvalue weighted by Gasteiger charge is 2.61. The third kappa shape index (κ3) is 2.13. The molecule has 1 amide bonds. The van der Waals surface area contributed by atoms with Crippen molar-refractivity contribution >= 4 is 11.9 Å². The van der Waals surface area contributed by atoms with Crippen LogP contribution in [0.15, 0.2) is 12.7 Å². The summed E-state index contributed by atoms with van der Waals surface area (Å²) in [6.45, 7) is 4.03. The molecule has 1 aliphatic carbocycles. The lowest BCUT2D eigenvalue weighted by molar-refractivity contribution is -0.147. The van der Waals surface area contributed by atoms with E-state index in [4.69, 9.17) is 4.74 Å². The predicted octanol–water partition coefficient (Wildman–Crippen LogP) is -1.06. The van der Waals surface area contributed by atoms with Crippen LogP contribution in [0.3, 0.4) is 0 Å². The van der Waals surface area contributed by atoms with Crippen LogP contribution in [0.4, 0.5) is 0 Å². The van der Waals surface area contributed by atoms with Crippen molar-refractivity contribution in [3.63, 3.8) is 0 Å². The molecule has 2 aliphatic rings. The van der Waals surface area contributed by atoms with Crippen LogP contribution in [-0.4, -0.2) is 48.3 Å². The van der Waals surface area contributed by atoms with Gasteiger partial charge < -0.3 is 20.5 Å². The van der Waals surface area contributed by atoms with Gasteiger partial charge in [0.15, 0.2) is 0 Å². The summed E-state index contributed by atoms with van der Waals surface area (Å²) in [7, 11) is 1.30. The number of β-amino-alcohol motifs (C(OH)–C–C–N with tert-alkyl or cyclic N) is 1. The van der Waals surface area contributed by atoms with Crippen molar-refractivity contribution in [3.05, 3.63) is 12.7 Å². The first-order chi connectivity index (χ1) is 8.53. The first-order valence-corrected chi connectivity index (χ1v) is 5.98. The molecule has 3 N–H and O–H groups in total. The van der Waals surface area contributed by atoms with Crippen molar-refractivity contribution in [3.8, 4) is 0 Å². The monoisotopic (exact) mass is 254 g/mol. The summed E-state index contributed by atoms with van der Waals surface area (Å²) >= 11 is 0. The van der Waals surface area contributed by atoms with Gasteiger partial charge in [-0.15, -0.1) is 6.58 Å². The summed E-state index contributed by atoms with van der Waals surface area (Å²) in [5, 5.41) is 15.0. The number of nitrogens with one attached hydrogen (secondary N) is 2. The molecular formula is C12H18N2O4. The van der Waals surface area contributed by atoms with E-state index in [1.165, 1.54) is 7.11 Å². The summed E-state index contributed by atoms with van der Waals surface area (Å²) in [5.41, 5.74) is -0.956. The zero-order valence-corrected chi connectivity index (χ0v) is 10.3. The van der Waals surface area contributed by atoms with E-state index in [-0.39, 0.29) is 11.8 Å². The minimum Gasteiger partial charge on any atom is -0.467 e. The number of hydrogen-bond acceptors (Lipinski definition) is 5. The normalized spacial score (nSPS) is 38.0. The summed E-state index contributed by atoms with van der Waals surface area (Å²) in [6, 6.07) is -0.451. The van der Waals surface area contributed by atoms with E-state index in [0.717, 1.165) is 0 Å². The fourth-order valence-electron chi connectivity index (χ4n) is 2.41. The van der Waals surface area contributed by atoms with Gasteiger partial charge in [-0.3, -0.25) is 4.79 Å². The number of ether oxygens (including phenoxy) is 1. The highest BCUT2D eigenvalue weighted by molar-refractivity contribution is 5.93. The fraction of sp³-hybridized carbons (Fsp3) is 0.667. The van der Waals surface area contributed by atoms with Crippen LogP contribution in [0, 0.1) is 5.92 Å². The molecule has 6 nitrogen and oxygen atoms in total. The van der Waals surface area contributed by atoms with Gasteiger partial charge in [-0.1, -0.05) is 6.08 Å². The second-order valence-corrected chi connectivity index (χ2v) is 4.85. The lowest BCUT2D eigenvalue weighted by Gasteiger charge is -2.19. The van der Waals surface area contributed by atoms with E-state index in [1.54, 1.807) is 6.08 Å². The Hall–Kier alpha value is -1.40. The van der Waals surface area contributed by atoms with Crippen molar-refractivity contribution in [2.75, 3.05) is 13.7 Å². The van der Waals surface area contributed by atoms with Gasteiger partial charge in [0.25, 0.3) is 0 Å². The standard InChI is InChI=1S/C12H18N2O4/c1-3-7-5-12(7,11(17)18-2)14-10(16)9-4-8(15)6-13-9/h3,7-9,13,15H,1,4-6H2,2H3,(H,14,16). The summed E-state index contributed by atoms with van der Waals surface area (Å²) in [6.07, 6.45) is 2.02. The molecular weight excluding hydrogens is 236 g/mol. The maximum atomic E-state index is 12.0. The number of rotatable bonds is 4. The van der Waals surface area contributed by atoms with Gasteiger partial charge in [-0.25, -0.2) is 4.79 Å². The second kappa shape index (κ2) is 4.70. The summed E-state index contributed by atoms with van der Waals surface area (Å²) < 4.78 is 4.72. The Morgan fingerprint density at radius 3 is 2.78 bits per heavy atom. The Morgan fingerprint density at radius 1 is 1.61 bits per heavy atom. The zero-order chi connectivity index (χ0) is 13.3. The molecule has 1 aliphatic heterocycles. The Morgan fingerprint density at radius 2 is 2.33 bits per heavy atom. The van der Waals surface area contributed by atoms with Crippen LogP contribution in [-0.2, 0) is 14.3 Å². The van der Waals surface area contributed by atoms with Crippen LogP contribution in [0.25, 0.3) is 0 Å². The molecule has 0 spiro atoms. The summed E-state index contributed by atoms with van der Waals surface area (Å²) in [4.78, 5) is 23.7. The van der Waals surface area contributed by atoms with Gasteiger partial charge >= 0.3 is 5.97 Å². The number of esters is 1. The first kappa shape index (κ1) is 13.0. The topological polar surface area (TPSA) is 87.7 Å². The minimum atomic E-state index is -0.956. The molecule has 2 rings (SSSR count). The second-order valence-electron chi connectivity index (χ2n) is 4.85. The number of carbonyl (C=O) groups excluding carboxylic acids is 2. The summed E-state index contributed by atoms with van der Waals surface area (Å²) in [5.74, 6) is -0.805. The third-order valence-electron chi connectivity index (χ3n) is 3.62. The van der Waals surface area contributed by atoms with Crippen molar-refractivity contribution in [1.82, 2.24) is 10.6 Å². The Kier molecular flexibility index (Phi) is 3.41. The van der Waals surface area contributed by atoms with Crippen LogP contribution in [0.5, 0.6) is 0 Å². The maximum Gasteiger partial charge on any atom is 0.332 e. The molecule has 100 valence electrons. The molecule has 4 unspecified atom stereocenters. The first-order valence-electron chi connectivity index (χ1n) is 5.98. The SMILES string of the molecule is C=CC1CC1(NC(=O)C1CC(O)CN1)C(=O)OC. The lowest BCUT2D eigenvalue weighted by Crippen LogP contribution is -2.51. The fourth-order valence-corrected chi connectivity index (χ4v) is 2.41. The molecule has 1 saturated carbocycles. The Balaban J connectivity index is 2.00. The van der Waals surface area contributed by atoms with Gasteiger partial charge in [0.1, 0.15) is 5.54 Å². The van der Waals surface area contributed by atoms with E-state index in [0.29, 0.717) is 19.4 Å². The van der Waals surface area contributed by atoms with Crippen molar-refractivity contribution < 1.29 is 19.4 Å². The lowest BCUT2D eigenvalue weighted by atomic mass is 10.1. The molecule has 4 atom stereocenters. The Bertz CT molecular complexity index is 384. The van der Waals surface area contributed by atoms with Crippen molar-refractivity contribution in [2.24, 2.45) is 5.92 Å². The smallest absolute Gasteiger partial charge is 0.332 e. The van der Waals surface area contributed by atoms with Gasteiger partial charge in [-0.05, 0) is 12.8 Å². The molecule has 0 aromatic heterocycles. The van der Waals surface area contributed by atoms with Crippen molar-refractivity contribution in [2.45, 2.75) is 30.5 Å². The van der Waals surface area contributed by atoms with Gasteiger partial charge in [0.2, 0.25) is 5.91 Å². The Labute approximate surface area is 105 Å². The molecule has 18 heavy (non-hydrogen) atoms. The highest BCUT2D eigenvalue weighted by atomic mass is 16.5. The largest absolute Gasteiger partial charge is 0.467 e. The molecule has 1 saturated heterocycles. The number of amides is 1. The van der Waals surface area contributed by atoms with Crippen LogP contribution < -0.4 is 10.6 Å². The average molecular weight is 254 g/mol. The number of methoxy groups -OCH3 is 1. The number of hydrogen-bond donors (Lipinski definition) is 3. The van der Waals surface area contributed by atoms with E-state index >= 15 is 0 Å². The quantitative estimate of drug-likeness (QED) is 0.440. The molecule has 6 heteroatoms.